The zero-order valence-electron chi connectivity index (χ0n) is 11.4. The Labute approximate surface area is 126 Å². The molecule has 0 amide bonds. The number of nitrogens with zero attached hydrogens (tertiary/aromatic N) is 1. The second kappa shape index (κ2) is 5.93. The van der Waals surface area contributed by atoms with Crippen LogP contribution in [0.4, 0.5) is 5.82 Å². The minimum Gasteiger partial charge on any atom is -0.467 e. The third kappa shape index (κ3) is 2.73. The molecule has 0 saturated carbocycles. The van der Waals surface area contributed by atoms with Gasteiger partial charge in [-0.25, -0.2) is 9.78 Å². The highest BCUT2D eigenvalue weighted by Gasteiger charge is 2.22. The Morgan fingerprint density at radius 1 is 1.24 bits per heavy atom. The van der Waals surface area contributed by atoms with E-state index in [9.17, 15) is 4.79 Å². The molecule has 0 spiro atoms. The van der Waals surface area contributed by atoms with E-state index in [4.69, 9.17) is 4.74 Å². The summed E-state index contributed by atoms with van der Waals surface area (Å²) in [5.41, 5.74) is 0.846. The van der Waals surface area contributed by atoms with Crippen LogP contribution < -0.4 is 5.32 Å². The molecule has 5 heteroatoms. The molecule has 2 heterocycles. The number of nitrogens with one attached hydrogen (secondary N) is 1. The molecule has 3 rings (SSSR count). The van der Waals surface area contributed by atoms with Gasteiger partial charge in [-0.15, -0.1) is 11.3 Å². The molecule has 0 fully saturated rings. The van der Waals surface area contributed by atoms with Crippen LogP contribution in [0.3, 0.4) is 0 Å². The molecule has 4 nitrogen and oxygen atoms in total. The van der Waals surface area contributed by atoms with Crippen LogP contribution in [0.1, 0.15) is 11.6 Å². The number of pyridine rings is 1. The predicted molar refractivity (Wildman–Crippen MR) is 84.4 cm³/mol. The molecule has 0 radical (unpaired) electrons. The van der Waals surface area contributed by atoms with E-state index in [-0.39, 0.29) is 5.97 Å². The van der Waals surface area contributed by atoms with Gasteiger partial charge in [0.25, 0.3) is 0 Å². The molecule has 1 atom stereocenters. The van der Waals surface area contributed by atoms with E-state index in [1.165, 1.54) is 7.11 Å². The standard InChI is InChI=1S/C16H14N2O2S/c1-20-16(19)14(11-5-3-2-4-6-11)18-15-12-8-10-21-13(12)7-9-17-15/h2-10,14H,1H3,(H,17,18). The molecule has 2 aromatic heterocycles. The minimum atomic E-state index is -0.575. The second-order valence-corrected chi connectivity index (χ2v) is 5.45. The number of benzene rings is 1. The van der Waals surface area contributed by atoms with E-state index in [0.717, 1.165) is 15.6 Å². The van der Waals surface area contributed by atoms with Crippen molar-refractivity contribution in [3.05, 3.63) is 59.6 Å². The first-order chi connectivity index (χ1) is 10.3. The maximum absolute atomic E-state index is 12.1. The zero-order valence-corrected chi connectivity index (χ0v) is 12.3. The van der Waals surface area contributed by atoms with Crippen molar-refractivity contribution in [3.63, 3.8) is 0 Å². The lowest BCUT2D eigenvalue weighted by Crippen LogP contribution is -2.22. The Morgan fingerprint density at radius 3 is 2.81 bits per heavy atom. The number of hydrogen-bond acceptors (Lipinski definition) is 5. The first kappa shape index (κ1) is 13.6. The Kier molecular flexibility index (Phi) is 3.83. The predicted octanol–water partition coefficient (Wildman–Crippen LogP) is 3.62. The molecule has 0 saturated heterocycles. The number of anilines is 1. The molecule has 1 unspecified atom stereocenters. The summed E-state index contributed by atoms with van der Waals surface area (Å²) in [6.45, 7) is 0. The highest BCUT2D eigenvalue weighted by atomic mass is 32.1. The van der Waals surface area contributed by atoms with Gasteiger partial charge in [0.2, 0.25) is 0 Å². The van der Waals surface area contributed by atoms with Crippen LogP contribution in [0.5, 0.6) is 0 Å². The molecule has 0 aliphatic rings. The number of carbonyl (C=O) groups excluding carboxylic acids is 1. The molecule has 0 bridgehead atoms. The van der Waals surface area contributed by atoms with E-state index < -0.39 is 6.04 Å². The fourth-order valence-electron chi connectivity index (χ4n) is 2.19. The summed E-state index contributed by atoms with van der Waals surface area (Å²) in [7, 11) is 1.39. The van der Waals surface area contributed by atoms with Crippen molar-refractivity contribution in [2.24, 2.45) is 0 Å². The summed E-state index contributed by atoms with van der Waals surface area (Å²) < 4.78 is 6.03. The quantitative estimate of drug-likeness (QED) is 0.747. The van der Waals surface area contributed by atoms with Crippen molar-refractivity contribution < 1.29 is 9.53 Å². The molecule has 106 valence electrons. The Hall–Kier alpha value is -2.40. The fraction of sp³-hybridized carbons (Fsp3) is 0.125. The van der Waals surface area contributed by atoms with Crippen LogP contribution in [0.2, 0.25) is 0 Å². The smallest absolute Gasteiger partial charge is 0.333 e. The number of esters is 1. The number of thiophene rings is 1. The number of rotatable bonds is 4. The molecule has 0 aliphatic heterocycles. The highest BCUT2D eigenvalue weighted by molar-refractivity contribution is 7.17. The van der Waals surface area contributed by atoms with Crippen molar-refractivity contribution in [3.8, 4) is 0 Å². The molecule has 1 N–H and O–H groups in total. The minimum absolute atomic E-state index is 0.338. The van der Waals surface area contributed by atoms with E-state index in [1.807, 2.05) is 47.8 Å². The summed E-state index contributed by atoms with van der Waals surface area (Å²) in [6.07, 6.45) is 1.74. The number of fused-ring (bicyclic) bond motifs is 1. The van der Waals surface area contributed by atoms with Crippen molar-refractivity contribution in [2.75, 3.05) is 12.4 Å². The summed E-state index contributed by atoms with van der Waals surface area (Å²) in [5.74, 6) is 0.350. The summed E-state index contributed by atoms with van der Waals surface area (Å²) >= 11 is 1.64. The Balaban J connectivity index is 1.99. The van der Waals surface area contributed by atoms with Crippen molar-refractivity contribution in [1.29, 1.82) is 0 Å². The average molecular weight is 298 g/mol. The van der Waals surface area contributed by atoms with Gasteiger partial charge in [0.1, 0.15) is 5.82 Å². The third-order valence-electron chi connectivity index (χ3n) is 3.23. The average Bonchev–Trinajstić information content (AvgIpc) is 3.02. The van der Waals surface area contributed by atoms with Gasteiger partial charge in [-0.2, -0.15) is 0 Å². The largest absolute Gasteiger partial charge is 0.467 e. The van der Waals surface area contributed by atoms with Gasteiger partial charge in [0, 0.05) is 16.3 Å². The van der Waals surface area contributed by atoms with E-state index in [2.05, 4.69) is 10.3 Å². The monoisotopic (exact) mass is 298 g/mol. The lowest BCUT2D eigenvalue weighted by molar-refractivity contribution is -0.141. The molecule has 1 aromatic carbocycles. The SMILES string of the molecule is COC(=O)C(Nc1nccc2sccc12)c1ccccc1. The van der Waals surface area contributed by atoms with Gasteiger partial charge >= 0.3 is 5.97 Å². The van der Waals surface area contributed by atoms with Crippen LogP contribution in [-0.2, 0) is 9.53 Å². The van der Waals surface area contributed by atoms with Gasteiger partial charge in [-0.1, -0.05) is 30.3 Å². The van der Waals surface area contributed by atoms with Crippen molar-refractivity contribution in [1.82, 2.24) is 4.98 Å². The van der Waals surface area contributed by atoms with Crippen LogP contribution >= 0.6 is 11.3 Å². The van der Waals surface area contributed by atoms with Gasteiger partial charge < -0.3 is 10.1 Å². The first-order valence-electron chi connectivity index (χ1n) is 6.51. The maximum Gasteiger partial charge on any atom is 0.333 e. The lowest BCUT2D eigenvalue weighted by Gasteiger charge is -2.17. The molecule has 21 heavy (non-hydrogen) atoms. The fourth-order valence-corrected chi connectivity index (χ4v) is 2.97. The van der Waals surface area contributed by atoms with Gasteiger partial charge in [0.15, 0.2) is 6.04 Å². The zero-order chi connectivity index (χ0) is 14.7. The maximum atomic E-state index is 12.1. The number of hydrogen-bond donors (Lipinski definition) is 1. The number of aromatic nitrogens is 1. The second-order valence-electron chi connectivity index (χ2n) is 4.50. The van der Waals surface area contributed by atoms with Crippen molar-refractivity contribution >= 4 is 33.2 Å². The van der Waals surface area contributed by atoms with Gasteiger partial charge in [-0.05, 0) is 23.1 Å². The number of ether oxygens (including phenoxy) is 1. The molecular formula is C16H14N2O2S. The third-order valence-corrected chi connectivity index (χ3v) is 4.11. The summed E-state index contributed by atoms with van der Waals surface area (Å²) in [5, 5.41) is 6.21. The van der Waals surface area contributed by atoms with E-state index >= 15 is 0 Å². The van der Waals surface area contributed by atoms with Crippen molar-refractivity contribution in [2.45, 2.75) is 6.04 Å². The van der Waals surface area contributed by atoms with Crippen LogP contribution in [0, 0.1) is 0 Å². The summed E-state index contributed by atoms with van der Waals surface area (Å²) in [4.78, 5) is 16.4. The normalized spacial score (nSPS) is 12.0. The molecule has 0 aliphatic carbocycles. The molecular weight excluding hydrogens is 284 g/mol. The lowest BCUT2D eigenvalue weighted by atomic mass is 10.1. The van der Waals surface area contributed by atoms with Crippen LogP contribution in [-0.4, -0.2) is 18.1 Å². The number of methoxy groups -OCH3 is 1. The first-order valence-corrected chi connectivity index (χ1v) is 7.39. The van der Waals surface area contributed by atoms with E-state index in [0.29, 0.717) is 5.82 Å². The Bertz CT molecular complexity index is 755. The van der Waals surface area contributed by atoms with Gasteiger partial charge in [-0.3, -0.25) is 0 Å². The highest BCUT2D eigenvalue weighted by Crippen LogP contribution is 2.29. The van der Waals surface area contributed by atoms with E-state index in [1.54, 1.807) is 17.5 Å². The van der Waals surface area contributed by atoms with Crippen LogP contribution in [0.25, 0.3) is 10.1 Å². The summed E-state index contributed by atoms with van der Waals surface area (Å²) in [6, 6.07) is 12.9. The molecule has 3 aromatic rings. The van der Waals surface area contributed by atoms with Gasteiger partial charge in [0.05, 0.1) is 7.11 Å². The number of carbonyl (C=O) groups is 1. The topological polar surface area (TPSA) is 51.2 Å². The Morgan fingerprint density at radius 2 is 2.05 bits per heavy atom. The van der Waals surface area contributed by atoms with Crippen LogP contribution in [0.15, 0.2) is 54.0 Å².